The maximum absolute atomic E-state index is 10.1. The molecule has 0 radical (unpaired) electrons. The zero-order valence-corrected chi connectivity index (χ0v) is 25.2. The summed E-state index contributed by atoms with van der Waals surface area (Å²) in [7, 11) is 4.67. The fraction of sp³-hybridized carbons (Fsp3) is 0.0714. The molecule has 0 saturated heterocycles. The van der Waals surface area contributed by atoms with E-state index >= 15 is 0 Å². The highest BCUT2D eigenvalue weighted by Crippen LogP contribution is 2.28. The number of carbonyl (C=O) groups is 1. The van der Waals surface area contributed by atoms with Gasteiger partial charge in [-0.2, -0.15) is 0 Å². The van der Waals surface area contributed by atoms with Crippen LogP contribution in [0.15, 0.2) is 102 Å². The van der Waals surface area contributed by atoms with Crippen LogP contribution in [0.4, 0.5) is 17.1 Å². The average molecular weight is 623 g/mol. The minimum absolute atomic E-state index is 0. The van der Waals surface area contributed by atoms with Crippen LogP contribution in [0.1, 0.15) is 28.9 Å². The Morgan fingerprint density at radius 1 is 0.737 bits per heavy atom. The molecule has 0 spiro atoms. The number of carbonyl (C=O) groups excluding carboxylic acids is 1. The molecule has 4 aromatic rings. The first-order chi connectivity index (χ1) is 18.0. The summed E-state index contributed by atoms with van der Waals surface area (Å²) in [5.74, 6) is 0. The van der Waals surface area contributed by atoms with E-state index in [4.69, 9.17) is 34.7 Å². The molecule has 200 valence electrons. The van der Waals surface area contributed by atoms with E-state index in [9.17, 15) is 4.79 Å². The molecule has 2 atom stereocenters. The van der Waals surface area contributed by atoms with Gasteiger partial charge in [-0.05, 0) is 53.6 Å². The predicted molar refractivity (Wildman–Crippen MR) is 181 cm³/mol. The number of nitrogen functional groups attached to an aromatic ring is 2. The first kappa shape index (κ1) is 35.7. The normalized spacial score (nSPS) is 9.95. The number of halogens is 2. The van der Waals surface area contributed by atoms with Gasteiger partial charge in [0.15, 0.2) is 0 Å². The first-order valence-electron chi connectivity index (χ1n) is 10.7. The van der Waals surface area contributed by atoms with E-state index < -0.39 is 0 Å². The summed E-state index contributed by atoms with van der Waals surface area (Å²) in [5, 5.41) is 1.42. The molecule has 1 aliphatic heterocycles. The Labute approximate surface area is 250 Å². The van der Waals surface area contributed by atoms with Crippen LogP contribution in [0, 0.1) is 0 Å². The molecule has 0 bridgehead atoms. The van der Waals surface area contributed by atoms with Gasteiger partial charge in [-0.3, -0.25) is 9.79 Å². The number of anilines is 2. The molecule has 10 heteroatoms. The van der Waals surface area contributed by atoms with Crippen molar-refractivity contribution in [3.8, 4) is 0 Å². The molecule has 0 aliphatic carbocycles. The molecule has 0 saturated carbocycles. The van der Waals surface area contributed by atoms with Gasteiger partial charge in [0.2, 0.25) is 0 Å². The lowest BCUT2D eigenvalue weighted by molar-refractivity contribution is 0.112. The van der Waals surface area contributed by atoms with Gasteiger partial charge < -0.3 is 11.5 Å². The van der Waals surface area contributed by atoms with Gasteiger partial charge in [0.1, 0.15) is 6.29 Å². The van der Waals surface area contributed by atoms with Gasteiger partial charge in [0.05, 0.1) is 22.8 Å². The van der Waals surface area contributed by atoms with E-state index in [0.717, 1.165) is 34.7 Å². The number of benzene rings is 4. The van der Waals surface area contributed by atoms with Crippen LogP contribution >= 0.6 is 41.1 Å². The fourth-order valence-electron chi connectivity index (χ4n) is 3.00. The van der Waals surface area contributed by atoms with Gasteiger partial charge in [0.25, 0.3) is 0 Å². The molecule has 38 heavy (non-hydrogen) atoms. The minimum Gasteiger partial charge on any atom is -0.397 e. The Hall–Kier alpha value is -2.30. The quantitative estimate of drug-likeness (QED) is 0.134. The molecular formula is C28H31Cl2N3OP2S2. The Morgan fingerprint density at radius 2 is 1.18 bits per heavy atom. The summed E-state index contributed by atoms with van der Waals surface area (Å²) in [5.41, 5.74) is 17.4. The topological polar surface area (TPSA) is 81.5 Å². The number of aldehydes is 1. The molecule has 0 aromatic heterocycles. The zero-order chi connectivity index (χ0) is 27.6. The summed E-state index contributed by atoms with van der Waals surface area (Å²) in [6.45, 7) is 0. The maximum Gasteiger partial charge on any atom is 0.150 e. The maximum atomic E-state index is 10.1. The van der Waals surface area contributed by atoms with Crippen LogP contribution in [0.3, 0.4) is 0 Å². The SMILES string of the molecule is C.Clc1ccc(C2=Nc3ccccc3C2)cc1.Nc1ccccc1N.O=Cc1ccc(Cl)cc1.PP.S=S. The van der Waals surface area contributed by atoms with Crippen LogP contribution in [-0.4, -0.2) is 12.0 Å². The Bertz CT molecular complexity index is 1250. The van der Waals surface area contributed by atoms with Gasteiger partial charge in [-0.25, -0.2) is 0 Å². The molecule has 1 aliphatic rings. The second-order valence-electron chi connectivity index (χ2n) is 7.17. The number of rotatable bonds is 2. The molecule has 4 nitrogen and oxygen atoms in total. The molecule has 0 fully saturated rings. The van der Waals surface area contributed by atoms with Crippen molar-refractivity contribution in [2.24, 2.45) is 4.99 Å². The highest BCUT2D eigenvalue weighted by molar-refractivity contribution is 8.07. The van der Waals surface area contributed by atoms with Crippen molar-refractivity contribution in [2.75, 3.05) is 11.5 Å². The van der Waals surface area contributed by atoms with Crippen molar-refractivity contribution in [2.45, 2.75) is 13.8 Å². The Balaban J connectivity index is 0.000000537. The lowest BCUT2D eigenvalue weighted by atomic mass is 10.0. The van der Waals surface area contributed by atoms with Crippen LogP contribution < -0.4 is 11.5 Å². The van der Waals surface area contributed by atoms with Crippen LogP contribution in [0.25, 0.3) is 0 Å². The number of fused-ring (bicyclic) bond motifs is 1. The molecule has 1 heterocycles. The third-order valence-electron chi connectivity index (χ3n) is 4.78. The molecule has 0 amide bonds. The molecule has 5 rings (SSSR count). The number of aliphatic imine (C=N–C) groups is 1. The van der Waals surface area contributed by atoms with Gasteiger partial charge in [-0.1, -0.05) is 85.2 Å². The number of hydrogen-bond acceptors (Lipinski definition) is 6. The minimum atomic E-state index is 0. The fourth-order valence-corrected chi connectivity index (χ4v) is 3.25. The largest absolute Gasteiger partial charge is 0.397 e. The number of nitrogens with zero attached hydrogens (tertiary/aromatic N) is 1. The van der Waals surface area contributed by atoms with Gasteiger partial charge in [0, 0.05) is 44.4 Å². The smallest absolute Gasteiger partial charge is 0.150 e. The second kappa shape index (κ2) is 20.6. The van der Waals surface area contributed by atoms with E-state index in [1.54, 1.807) is 36.4 Å². The Morgan fingerprint density at radius 3 is 1.63 bits per heavy atom. The van der Waals surface area contributed by atoms with Crippen LogP contribution in [-0.2, 0) is 28.8 Å². The van der Waals surface area contributed by atoms with Crippen LogP contribution in [0.5, 0.6) is 0 Å². The zero-order valence-electron chi connectivity index (χ0n) is 19.8. The van der Waals surface area contributed by atoms with E-state index in [2.05, 4.69) is 63.4 Å². The average Bonchev–Trinajstić information content (AvgIpc) is 3.39. The lowest BCUT2D eigenvalue weighted by Gasteiger charge is -1.99. The van der Waals surface area contributed by atoms with E-state index in [1.165, 1.54) is 5.56 Å². The number of para-hydroxylation sites is 3. The standard InChI is InChI=1S/C14H10ClN.C7H5ClO.C6H8N2.CH4.H4P2.S2/c15-12-7-5-10(6-8-12)14-9-11-3-1-2-4-13(11)16-14;8-7-3-1-6(5-9)2-4-7;7-5-3-1-2-4-6(5)8;;2*1-2/h1-8H,9H2;1-5H;1-4H,7-8H2;1H4;1-2H2;. The monoisotopic (exact) mass is 621 g/mol. The Kier molecular flexibility index (Phi) is 19.4. The number of hydrogen-bond donors (Lipinski definition) is 2. The lowest BCUT2D eigenvalue weighted by Crippen LogP contribution is -1.99. The van der Waals surface area contributed by atoms with E-state index in [0.29, 0.717) is 22.0 Å². The van der Waals surface area contributed by atoms with Crippen molar-refractivity contribution < 1.29 is 4.79 Å². The van der Waals surface area contributed by atoms with Crippen molar-refractivity contribution >= 4 is 92.5 Å². The third kappa shape index (κ3) is 12.5. The van der Waals surface area contributed by atoms with Crippen molar-refractivity contribution in [3.05, 3.63) is 124 Å². The van der Waals surface area contributed by atoms with Crippen molar-refractivity contribution in [1.29, 1.82) is 0 Å². The molecule has 4 N–H and O–H groups in total. The summed E-state index contributed by atoms with van der Waals surface area (Å²) in [6, 6.07) is 30.1. The summed E-state index contributed by atoms with van der Waals surface area (Å²) in [4.78, 5) is 14.7. The molecular weight excluding hydrogens is 591 g/mol. The first-order valence-corrected chi connectivity index (χ1v) is 15.4. The summed E-state index contributed by atoms with van der Waals surface area (Å²) < 4.78 is 0. The highest BCUT2D eigenvalue weighted by Gasteiger charge is 2.14. The molecule has 4 aromatic carbocycles. The highest BCUT2D eigenvalue weighted by atomic mass is 35.5. The van der Waals surface area contributed by atoms with E-state index in [-0.39, 0.29) is 7.43 Å². The van der Waals surface area contributed by atoms with Gasteiger partial charge >= 0.3 is 0 Å². The molecule has 2 unspecified atom stereocenters. The second-order valence-corrected chi connectivity index (χ2v) is 8.04. The van der Waals surface area contributed by atoms with Crippen LogP contribution in [0.2, 0.25) is 10.0 Å². The van der Waals surface area contributed by atoms with Crippen molar-refractivity contribution in [3.63, 3.8) is 0 Å². The van der Waals surface area contributed by atoms with Gasteiger partial charge in [-0.15, -0.1) is 17.9 Å². The number of nitrogens with two attached hydrogens (primary N) is 2. The predicted octanol–water partition coefficient (Wildman–Crippen LogP) is 8.30. The third-order valence-corrected chi connectivity index (χ3v) is 5.29. The summed E-state index contributed by atoms with van der Waals surface area (Å²) >= 11 is 18.8. The van der Waals surface area contributed by atoms with Crippen molar-refractivity contribution in [1.82, 2.24) is 0 Å². The van der Waals surface area contributed by atoms with E-state index in [1.807, 2.05) is 42.5 Å². The summed E-state index contributed by atoms with van der Waals surface area (Å²) in [6.07, 6.45) is 1.70.